The first kappa shape index (κ1) is 10.1. The SMILES string of the molecule is CCCc1c(C#N)oc2ccc(Cl)cc12. The molecule has 1 aromatic heterocycles. The van der Waals surface area contributed by atoms with Gasteiger partial charge in [0.25, 0.3) is 0 Å². The largest absolute Gasteiger partial charge is 0.445 e. The Morgan fingerprint density at radius 1 is 1.47 bits per heavy atom. The van der Waals surface area contributed by atoms with Crippen LogP contribution < -0.4 is 0 Å². The van der Waals surface area contributed by atoms with Gasteiger partial charge in [-0.25, -0.2) is 0 Å². The number of nitrogens with zero attached hydrogens (tertiary/aromatic N) is 1. The van der Waals surface area contributed by atoms with Crippen LogP contribution in [0.15, 0.2) is 22.6 Å². The van der Waals surface area contributed by atoms with Gasteiger partial charge >= 0.3 is 0 Å². The second kappa shape index (κ2) is 3.96. The van der Waals surface area contributed by atoms with Gasteiger partial charge in [0.05, 0.1) is 0 Å². The number of furan rings is 1. The lowest BCUT2D eigenvalue weighted by Gasteiger charge is -1.95. The molecule has 2 aromatic rings. The van der Waals surface area contributed by atoms with Crippen molar-refractivity contribution >= 4 is 22.6 Å². The van der Waals surface area contributed by atoms with Crippen LogP contribution in [0.2, 0.25) is 5.02 Å². The number of fused-ring (bicyclic) bond motifs is 1. The smallest absolute Gasteiger partial charge is 0.207 e. The van der Waals surface area contributed by atoms with Gasteiger partial charge in [0.2, 0.25) is 5.76 Å². The fourth-order valence-electron chi connectivity index (χ4n) is 1.71. The minimum Gasteiger partial charge on any atom is -0.445 e. The minimum atomic E-state index is 0.411. The molecule has 2 nitrogen and oxygen atoms in total. The highest BCUT2D eigenvalue weighted by Crippen LogP contribution is 2.28. The van der Waals surface area contributed by atoms with E-state index in [1.165, 1.54) is 0 Å². The van der Waals surface area contributed by atoms with Crippen LogP contribution >= 0.6 is 11.6 Å². The molecule has 0 N–H and O–H groups in total. The third kappa shape index (κ3) is 1.71. The standard InChI is InChI=1S/C12H10ClNO/c1-2-3-9-10-6-8(13)4-5-11(10)15-12(9)7-14/h4-6H,2-3H2,1H3. The van der Waals surface area contributed by atoms with E-state index in [2.05, 4.69) is 13.0 Å². The zero-order chi connectivity index (χ0) is 10.8. The van der Waals surface area contributed by atoms with Crippen LogP contribution in [0.5, 0.6) is 0 Å². The Morgan fingerprint density at radius 3 is 2.93 bits per heavy atom. The third-order valence-electron chi connectivity index (χ3n) is 2.35. The normalized spacial score (nSPS) is 10.5. The highest BCUT2D eigenvalue weighted by Gasteiger charge is 2.12. The summed E-state index contributed by atoms with van der Waals surface area (Å²) >= 11 is 5.92. The van der Waals surface area contributed by atoms with Gasteiger partial charge in [-0.05, 0) is 24.6 Å². The second-order valence-electron chi connectivity index (χ2n) is 3.41. The molecule has 0 radical (unpaired) electrons. The molecule has 0 fully saturated rings. The predicted octanol–water partition coefficient (Wildman–Crippen LogP) is 3.91. The van der Waals surface area contributed by atoms with Gasteiger partial charge in [-0.15, -0.1) is 0 Å². The third-order valence-corrected chi connectivity index (χ3v) is 2.59. The van der Waals surface area contributed by atoms with Crippen molar-refractivity contribution in [3.05, 3.63) is 34.5 Å². The molecular weight excluding hydrogens is 210 g/mol. The molecule has 0 aliphatic rings. The number of hydrogen-bond acceptors (Lipinski definition) is 2. The molecule has 76 valence electrons. The molecule has 1 aromatic carbocycles. The summed E-state index contributed by atoms with van der Waals surface area (Å²) in [6.45, 7) is 2.07. The number of halogens is 1. The monoisotopic (exact) mass is 219 g/mol. The van der Waals surface area contributed by atoms with Crippen LogP contribution in [-0.4, -0.2) is 0 Å². The quantitative estimate of drug-likeness (QED) is 0.768. The molecule has 0 bridgehead atoms. The van der Waals surface area contributed by atoms with Gasteiger partial charge < -0.3 is 4.42 Å². The number of rotatable bonds is 2. The molecule has 2 rings (SSSR count). The van der Waals surface area contributed by atoms with Crippen molar-refractivity contribution in [2.45, 2.75) is 19.8 Å². The Labute approximate surface area is 93.1 Å². The number of benzene rings is 1. The molecule has 0 saturated carbocycles. The fraction of sp³-hybridized carbons (Fsp3) is 0.250. The second-order valence-corrected chi connectivity index (χ2v) is 3.85. The summed E-state index contributed by atoms with van der Waals surface area (Å²) in [6, 6.07) is 7.50. The molecule has 0 aliphatic heterocycles. The fourth-order valence-corrected chi connectivity index (χ4v) is 1.88. The average Bonchev–Trinajstić information content (AvgIpc) is 2.57. The summed E-state index contributed by atoms with van der Waals surface area (Å²) in [4.78, 5) is 0. The van der Waals surface area contributed by atoms with Gasteiger partial charge in [0.1, 0.15) is 11.7 Å². The zero-order valence-corrected chi connectivity index (χ0v) is 9.14. The molecule has 0 saturated heterocycles. The number of hydrogen-bond donors (Lipinski definition) is 0. The lowest BCUT2D eigenvalue weighted by molar-refractivity contribution is 0.592. The number of aryl methyl sites for hydroxylation is 1. The van der Waals surface area contributed by atoms with Gasteiger partial charge in [-0.3, -0.25) is 0 Å². The molecule has 0 atom stereocenters. The Morgan fingerprint density at radius 2 is 2.27 bits per heavy atom. The van der Waals surface area contributed by atoms with Crippen molar-refractivity contribution < 1.29 is 4.42 Å². The van der Waals surface area contributed by atoms with Crippen molar-refractivity contribution in [1.82, 2.24) is 0 Å². The Hall–Kier alpha value is -1.46. The van der Waals surface area contributed by atoms with Crippen LogP contribution in [0.3, 0.4) is 0 Å². The highest BCUT2D eigenvalue weighted by molar-refractivity contribution is 6.31. The Balaban J connectivity index is 2.72. The van der Waals surface area contributed by atoms with Crippen molar-refractivity contribution in [3.8, 4) is 6.07 Å². The van der Waals surface area contributed by atoms with Crippen molar-refractivity contribution in [1.29, 1.82) is 5.26 Å². The van der Waals surface area contributed by atoms with Crippen molar-refractivity contribution in [2.75, 3.05) is 0 Å². The summed E-state index contributed by atoms with van der Waals surface area (Å²) in [7, 11) is 0. The van der Waals surface area contributed by atoms with Crippen LogP contribution in [0.1, 0.15) is 24.7 Å². The Bertz CT molecular complexity index is 536. The van der Waals surface area contributed by atoms with E-state index in [1.807, 2.05) is 6.07 Å². The van der Waals surface area contributed by atoms with Crippen LogP contribution in [0.25, 0.3) is 11.0 Å². The molecule has 3 heteroatoms. The number of nitriles is 1. The van der Waals surface area contributed by atoms with E-state index in [0.717, 1.165) is 29.4 Å². The maximum Gasteiger partial charge on any atom is 0.207 e. The molecular formula is C12H10ClNO. The van der Waals surface area contributed by atoms with Crippen LogP contribution in [0.4, 0.5) is 0 Å². The van der Waals surface area contributed by atoms with Gasteiger partial charge in [-0.1, -0.05) is 24.9 Å². The summed E-state index contributed by atoms with van der Waals surface area (Å²) in [5, 5.41) is 10.6. The molecule has 1 heterocycles. The molecule has 0 amide bonds. The lowest BCUT2D eigenvalue weighted by atomic mass is 10.1. The summed E-state index contributed by atoms with van der Waals surface area (Å²) < 4.78 is 5.44. The van der Waals surface area contributed by atoms with E-state index in [1.54, 1.807) is 12.1 Å². The van der Waals surface area contributed by atoms with Crippen LogP contribution in [0, 0.1) is 11.3 Å². The predicted molar refractivity (Wildman–Crippen MR) is 59.9 cm³/mol. The summed E-state index contributed by atoms with van der Waals surface area (Å²) in [6.07, 6.45) is 1.83. The maximum atomic E-state index is 8.94. The zero-order valence-electron chi connectivity index (χ0n) is 8.38. The topological polar surface area (TPSA) is 36.9 Å². The molecule has 0 aliphatic carbocycles. The Kier molecular flexibility index (Phi) is 2.66. The van der Waals surface area contributed by atoms with E-state index in [-0.39, 0.29) is 0 Å². The first-order chi connectivity index (χ1) is 7.26. The van der Waals surface area contributed by atoms with Gasteiger partial charge in [-0.2, -0.15) is 5.26 Å². The van der Waals surface area contributed by atoms with Crippen molar-refractivity contribution in [2.24, 2.45) is 0 Å². The lowest BCUT2D eigenvalue weighted by Crippen LogP contribution is -1.84. The van der Waals surface area contributed by atoms with Crippen LogP contribution in [-0.2, 0) is 6.42 Å². The highest BCUT2D eigenvalue weighted by atomic mass is 35.5. The molecule has 15 heavy (non-hydrogen) atoms. The van der Waals surface area contributed by atoms with E-state index in [0.29, 0.717) is 10.8 Å². The minimum absolute atomic E-state index is 0.411. The van der Waals surface area contributed by atoms with Crippen molar-refractivity contribution in [3.63, 3.8) is 0 Å². The van der Waals surface area contributed by atoms with Gasteiger partial charge in [0, 0.05) is 16.0 Å². The van der Waals surface area contributed by atoms with E-state index in [9.17, 15) is 0 Å². The summed E-state index contributed by atoms with van der Waals surface area (Å²) in [5.74, 6) is 0.411. The summed E-state index contributed by atoms with van der Waals surface area (Å²) in [5.41, 5.74) is 1.71. The van der Waals surface area contributed by atoms with E-state index in [4.69, 9.17) is 21.3 Å². The first-order valence-corrected chi connectivity index (χ1v) is 5.25. The molecule has 0 spiro atoms. The van der Waals surface area contributed by atoms with E-state index < -0.39 is 0 Å². The molecule has 0 unspecified atom stereocenters. The van der Waals surface area contributed by atoms with E-state index >= 15 is 0 Å². The average molecular weight is 220 g/mol. The first-order valence-electron chi connectivity index (χ1n) is 4.87. The maximum absolute atomic E-state index is 8.94. The van der Waals surface area contributed by atoms with Gasteiger partial charge in [0.15, 0.2) is 0 Å².